The van der Waals surface area contributed by atoms with Gasteiger partial charge in [-0.25, -0.2) is 4.79 Å². The lowest BCUT2D eigenvalue weighted by atomic mass is 9.96. The Bertz CT molecular complexity index is 953. The molecule has 0 spiro atoms. The fourth-order valence-corrected chi connectivity index (χ4v) is 4.69. The number of nitrogens with one attached hydrogen (secondary N) is 2. The van der Waals surface area contributed by atoms with Crippen LogP contribution in [0.1, 0.15) is 104 Å². The molecule has 1 aromatic carbocycles. The Morgan fingerprint density at radius 1 is 1.08 bits per heavy atom. The summed E-state index contributed by atoms with van der Waals surface area (Å²) in [6, 6.07) is 4.31. The van der Waals surface area contributed by atoms with Crippen molar-refractivity contribution in [1.82, 2.24) is 15.5 Å². The van der Waals surface area contributed by atoms with Crippen molar-refractivity contribution >= 4 is 17.9 Å². The summed E-state index contributed by atoms with van der Waals surface area (Å²) in [5.41, 5.74) is 2.30. The normalized spacial score (nSPS) is 19.5. The molecule has 37 heavy (non-hydrogen) atoms. The van der Waals surface area contributed by atoms with Crippen molar-refractivity contribution in [3.8, 4) is 0 Å². The van der Waals surface area contributed by atoms with Gasteiger partial charge in [0.1, 0.15) is 17.7 Å². The first-order valence-corrected chi connectivity index (χ1v) is 13.8. The average Bonchev–Trinajstić information content (AvgIpc) is 3.47. The van der Waals surface area contributed by atoms with Crippen molar-refractivity contribution in [3.05, 3.63) is 34.9 Å². The fraction of sp³-hybridized carbons (Fsp3) is 0.700. The maximum atomic E-state index is 14.3. The predicted molar refractivity (Wildman–Crippen MR) is 148 cm³/mol. The van der Waals surface area contributed by atoms with Crippen LogP contribution in [-0.2, 0) is 14.3 Å². The van der Waals surface area contributed by atoms with Crippen LogP contribution in [0.15, 0.2) is 18.2 Å². The first kappa shape index (κ1) is 30.7. The second-order valence-corrected chi connectivity index (χ2v) is 12.3. The zero-order valence-corrected chi connectivity index (χ0v) is 24.6. The first-order chi connectivity index (χ1) is 17.1. The van der Waals surface area contributed by atoms with E-state index in [4.69, 9.17) is 4.74 Å². The second-order valence-electron chi connectivity index (χ2n) is 12.3. The Labute approximate surface area is 224 Å². The van der Waals surface area contributed by atoms with Crippen molar-refractivity contribution < 1.29 is 19.1 Å². The van der Waals surface area contributed by atoms with Gasteiger partial charge in [-0.2, -0.15) is 0 Å². The molecular weight excluding hydrogens is 466 g/mol. The zero-order valence-electron chi connectivity index (χ0n) is 24.6. The molecule has 2 N–H and O–H groups in total. The minimum atomic E-state index is -0.794. The monoisotopic (exact) mass is 515 g/mol. The van der Waals surface area contributed by atoms with E-state index in [1.807, 2.05) is 52.8 Å². The highest BCUT2D eigenvalue weighted by molar-refractivity contribution is 5.92. The van der Waals surface area contributed by atoms with Gasteiger partial charge in [-0.1, -0.05) is 52.3 Å². The largest absolute Gasteiger partial charge is 0.444 e. The molecular formula is C30H49N3O4. The topological polar surface area (TPSA) is 87.7 Å². The molecule has 0 bridgehead atoms. The summed E-state index contributed by atoms with van der Waals surface area (Å²) in [5.74, 6) is 0.00794. The molecule has 0 saturated heterocycles. The first-order valence-electron chi connectivity index (χ1n) is 13.8. The van der Waals surface area contributed by atoms with E-state index < -0.39 is 23.8 Å². The number of alkyl carbamates (subject to hydrolysis) is 1. The summed E-state index contributed by atoms with van der Waals surface area (Å²) in [6.07, 6.45) is 2.46. The smallest absolute Gasteiger partial charge is 0.408 e. The number of hydrogen-bond donors (Lipinski definition) is 2. The number of nitrogens with zero attached hydrogens (tertiary/aromatic N) is 1. The summed E-state index contributed by atoms with van der Waals surface area (Å²) in [7, 11) is 0. The van der Waals surface area contributed by atoms with E-state index in [1.165, 1.54) is 0 Å². The molecule has 1 aromatic rings. The van der Waals surface area contributed by atoms with Crippen LogP contribution in [0.25, 0.3) is 0 Å². The lowest BCUT2D eigenvalue weighted by Gasteiger charge is -2.36. The van der Waals surface area contributed by atoms with Gasteiger partial charge in [0.15, 0.2) is 0 Å². The van der Waals surface area contributed by atoms with Gasteiger partial charge in [-0.05, 0) is 89.3 Å². The summed E-state index contributed by atoms with van der Waals surface area (Å²) in [6.45, 7) is 19.6. The van der Waals surface area contributed by atoms with Gasteiger partial charge in [0.2, 0.25) is 11.8 Å². The van der Waals surface area contributed by atoms with E-state index in [9.17, 15) is 14.4 Å². The van der Waals surface area contributed by atoms with Gasteiger partial charge in [0.05, 0.1) is 0 Å². The standard InChI is InChI=1S/C30H49N3O4/c1-11-12-22(7)31-27(34)26(23-14-13-19(4)20(5)16-23)33(25-17-21(25)6)28(35)24(15-18(2)3)32-29(36)37-30(8,9)10/h13-14,16,18,21-22,24-26H,11-12,15,17H2,1-10H3,(H,31,34)(H,32,36). The quantitative estimate of drug-likeness (QED) is 0.388. The maximum absolute atomic E-state index is 14.3. The molecule has 3 amide bonds. The Morgan fingerprint density at radius 3 is 2.19 bits per heavy atom. The number of amides is 3. The van der Waals surface area contributed by atoms with Gasteiger partial charge in [-0.3, -0.25) is 9.59 Å². The number of benzene rings is 1. The number of carbonyl (C=O) groups is 3. The molecule has 5 atom stereocenters. The van der Waals surface area contributed by atoms with E-state index in [2.05, 4.69) is 24.5 Å². The van der Waals surface area contributed by atoms with Crippen LogP contribution in [0.3, 0.4) is 0 Å². The summed E-state index contributed by atoms with van der Waals surface area (Å²) in [5, 5.41) is 5.98. The van der Waals surface area contributed by atoms with Crippen molar-refractivity contribution in [2.45, 2.75) is 125 Å². The highest BCUT2D eigenvalue weighted by Crippen LogP contribution is 2.41. The van der Waals surface area contributed by atoms with Crippen LogP contribution >= 0.6 is 0 Å². The molecule has 1 saturated carbocycles. The van der Waals surface area contributed by atoms with E-state index in [-0.39, 0.29) is 35.7 Å². The van der Waals surface area contributed by atoms with Crippen LogP contribution in [0.4, 0.5) is 4.79 Å². The number of carbonyl (C=O) groups excluding carboxylic acids is 3. The maximum Gasteiger partial charge on any atom is 0.408 e. The van der Waals surface area contributed by atoms with Gasteiger partial charge in [0.25, 0.3) is 0 Å². The molecule has 1 aliphatic carbocycles. The van der Waals surface area contributed by atoms with Crippen LogP contribution < -0.4 is 10.6 Å². The Balaban J connectivity index is 2.52. The van der Waals surface area contributed by atoms with Gasteiger partial charge in [-0.15, -0.1) is 0 Å². The van der Waals surface area contributed by atoms with Crippen molar-refractivity contribution in [2.75, 3.05) is 0 Å². The van der Waals surface area contributed by atoms with Crippen molar-refractivity contribution in [1.29, 1.82) is 0 Å². The fourth-order valence-electron chi connectivity index (χ4n) is 4.69. The van der Waals surface area contributed by atoms with Crippen LogP contribution in [0.2, 0.25) is 0 Å². The van der Waals surface area contributed by atoms with Crippen LogP contribution in [0.5, 0.6) is 0 Å². The molecule has 1 fully saturated rings. The third-order valence-corrected chi connectivity index (χ3v) is 6.86. The van der Waals surface area contributed by atoms with E-state index in [1.54, 1.807) is 25.7 Å². The van der Waals surface area contributed by atoms with Crippen LogP contribution in [0, 0.1) is 25.7 Å². The molecule has 0 heterocycles. The number of hydrogen-bond acceptors (Lipinski definition) is 4. The molecule has 0 aromatic heterocycles. The third-order valence-electron chi connectivity index (χ3n) is 6.86. The van der Waals surface area contributed by atoms with E-state index >= 15 is 0 Å². The molecule has 0 aliphatic heterocycles. The van der Waals surface area contributed by atoms with Gasteiger partial charge >= 0.3 is 6.09 Å². The van der Waals surface area contributed by atoms with Crippen molar-refractivity contribution in [2.24, 2.45) is 11.8 Å². The summed E-state index contributed by atoms with van der Waals surface area (Å²) >= 11 is 0. The second kappa shape index (κ2) is 12.8. The summed E-state index contributed by atoms with van der Waals surface area (Å²) in [4.78, 5) is 42.6. The van der Waals surface area contributed by atoms with Gasteiger partial charge in [0, 0.05) is 12.1 Å². The lowest BCUT2D eigenvalue weighted by molar-refractivity contribution is -0.144. The molecule has 7 heteroatoms. The number of rotatable bonds is 11. The van der Waals surface area contributed by atoms with Gasteiger partial charge < -0.3 is 20.3 Å². The molecule has 208 valence electrons. The highest BCUT2D eigenvalue weighted by atomic mass is 16.6. The average molecular weight is 516 g/mol. The molecule has 7 nitrogen and oxygen atoms in total. The Morgan fingerprint density at radius 2 is 1.70 bits per heavy atom. The highest BCUT2D eigenvalue weighted by Gasteiger charge is 2.48. The zero-order chi connectivity index (χ0) is 28.1. The van der Waals surface area contributed by atoms with E-state index in [0.29, 0.717) is 6.42 Å². The summed E-state index contributed by atoms with van der Waals surface area (Å²) < 4.78 is 5.48. The Kier molecular flexibility index (Phi) is 10.6. The van der Waals surface area contributed by atoms with Crippen molar-refractivity contribution in [3.63, 3.8) is 0 Å². The van der Waals surface area contributed by atoms with Crippen LogP contribution in [-0.4, -0.2) is 46.5 Å². The molecule has 0 radical (unpaired) electrons. The van der Waals surface area contributed by atoms with E-state index in [0.717, 1.165) is 36.0 Å². The number of ether oxygens (including phenoxy) is 1. The minimum absolute atomic E-state index is 0.00790. The molecule has 5 unspecified atom stereocenters. The minimum Gasteiger partial charge on any atom is -0.444 e. The predicted octanol–water partition coefficient (Wildman–Crippen LogP) is 5.83. The SMILES string of the molecule is CCCC(C)NC(=O)C(c1ccc(C)c(C)c1)N(C(=O)C(CC(C)C)NC(=O)OC(C)(C)C)C1CC1C. The number of aryl methyl sites for hydroxylation is 2. The Hall–Kier alpha value is -2.57. The lowest BCUT2D eigenvalue weighted by Crippen LogP contribution is -2.55. The third kappa shape index (κ3) is 9.04. The molecule has 2 rings (SSSR count). The molecule has 1 aliphatic rings.